The summed E-state index contributed by atoms with van der Waals surface area (Å²) in [5.74, 6) is 0.0270. The predicted octanol–water partition coefficient (Wildman–Crippen LogP) is 4.55. The number of hydrogen-bond acceptors (Lipinski definition) is 5. The molecule has 0 unspecified atom stereocenters. The number of ether oxygens (including phenoxy) is 1. The number of carbonyl (C=O) groups excluding carboxylic acids is 2. The monoisotopic (exact) mass is 475 g/mol. The number of nitrogens with zero attached hydrogens (tertiary/aromatic N) is 4. The fourth-order valence-corrected chi connectivity index (χ4v) is 4.44. The van der Waals surface area contributed by atoms with E-state index in [1.165, 1.54) is 12.1 Å². The molecule has 2 aromatic carbocycles. The first kappa shape index (κ1) is 22.6. The zero-order chi connectivity index (χ0) is 24.4. The first-order valence-electron chi connectivity index (χ1n) is 11.7. The second-order valence-corrected chi connectivity index (χ2v) is 8.39. The van der Waals surface area contributed by atoms with Crippen LogP contribution in [0.1, 0.15) is 23.7 Å². The summed E-state index contributed by atoms with van der Waals surface area (Å²) in [4.78, 5) is 33.7. The number of benzene rings is 2. The molecule has 0 saturated carbocycles. The lowest BCUT2D eigenvalue weighted by atomic mass is 10.2. The smallest absolute Gasteiger partial charge is 0.338 e. The molecule has 2 amide bonds. The standard InChI is InChI=1S/C26H26FN5O3/c1-2-35-25(33)18-6-3-7-20(16-18)28-26(34)31-12-5-11-30(14-15-31)24-23-8-4-13-32(23)22-10-9-19(27)17-21(22)29-24/h3-4,6-10,13,16-17H,2,5,11-12,14-15H2,1H3,(H,28,34). The molecule has 1 fully saturated rings. The molecule has 1 aliphatic rings. The third-order valence-corrected chi connectivity index (χ3v) is 6.11. The molecule has 0 radical (unpaired) electrons. The van der Waals surface area contributed by atoms with Crippen molar-refractivity contribution >= 4 is 40.1 Å². The highest BCUT2D eigenvalue weighted by Gasteiger charge is 2.22. The molecule has 0 aliphatic carbocycles. The molecule has 8 nitrogen and oxygen atoms in total. The summed E-state index contributed by atoms with van der Waals surface area (Å²) in [7, 11) is 0. The summed E-state index contributed by atoms with van der Waals surface area (Å²) in [5, 5.41) is 2.89. The fourth-order valence-electron chi connectivity index (χ4n) is 4.44. The average molecular weight is 476 g/mol. The summed E-state index contributed by atoms with van der Waals surface area (Å²) < 4.78 is 20.9. The largest absolute Gasteiger partial charge is 0.462 e. The molecule has 0 atom stereocenters. The van der Waals surface area contributed by atoms with E-state index in [0.29, 0.717) is 36.4 Å². The van der Waals surface area contributed by atoms with Gasteiger partial charge in [-0.3, -0.25) is 0 Å². The average Bonchev–Trinajstić information content (AvgIpc) is 3.21. The second-order valence-electron chi connectivity index (χ2n) is 8.39. The van der Waals surface area contributed by atoms with Crippen molar-refractivity contribution < 1.29 is 18.7 Å². The number of anilines is 2. The maximum absolute atomic E-state index is 13.9. The summed E-state index contributed by atoms with van der Waals surface area (Å²) in [6.07, 6.45) is 2.70. The highest BCUT2D eigenvalue weighted by atomic mass is 19.1. The number of hydrogen-bond donors (Lipinski definition) is 1. The van der Waals surface area contributed by atoms with E-state index >= 15 is 0 Å². The van der Waals surface area contributed by atoms with Crippen molar-refractivity contribution in [1.29, 1.82) is 0 Å². The fraction of sp³-hybridized carbons (Fsp3) is 0.269. The molecule has 0 bridgehead atoms. The molecule has 180 valence electrons. The van der Waals surface area contributed by atoms with Crippen LogP contribution in [0.4, 0.5) is 20.7 Å². The number of fused-ring (bicyclic) bond motifs is 3. The van der Waals surface area contributed by atoms with Crippen LogP contribution in [0.5, 0.6) is 0 Å². The number of aromatic nitrogens is 2. The van der Waals surface area contributed by atoms with Gasteiger partial charge < -0.3 is 24.3 Å². The highest BCUT2D eigenvalue weighted by Crippen LogP contribution is 2.27. The van der Waals surface area contributed by atoms with Crippen LogP contribution in [0.25, 0.3) is 16.6 Å². The van der Waals surface area contributed by atoms with Crippen LogP contribution in [-0.4, -0.2) is 59.1 Å². The summed E-state index contributed by atoms with van der Waals surface area (Å²) in [6, 6.07) is 15.1. The van der Waals surface area contributed by atoms with E-state index in [0.717, 1.165) is 29.8 Å². The van der Waals surface area contributed by atoms with Gasteiger partial charge in [0.2, 0.25) is 0 Å². The molecule has 4 aromatic rings. The highest BCUT2D eigenvalue weighted by molar-refractivity contribution is 5.94. The molecule has 3 heterocycles. The minimum Gasteiger partial charge on any atom is -0.462 e. The molecule has 5 rings (SSSR count). The summed E-state index contributed by atoms with van der Waals surface area (Å²) >= 11 is 0. The lowest BCUT2D eigenvalue weighted by Gasteiger charge is -2.24. The molecule has 1 saturated heterocycles. The zero-order valence-electron chi connectivity index (χ0n) is 19.4. The van der Waals surface area contributed by atoms with E-state index in [4.69, 9.17) is 9.72 Å². The van der Waals surface area contributed by atoms with Gasteiger partial charge in [-0.05, 0) is 55.8 Å². The molecule has 35 heavy (non-hydrogen) atoms. The van der Waals surface area contributed by atoms with E-state index in [1.807, 2.05) is 22.7 Å². The lowest BCUT2D eigenvalue weighted by Crippen LogP contribution is -2.38. The predicted molar refractivity (Wildman–Crippen MR) is 132 cm³/mol. The van der Waals surface area contributed by atoms with Gasteiger partial charge in [0.25, 0.3) is 0 Å². The van der Waals surface area contributed by atoms with Crippen molar-refractivity contribution in [3.8, 4) is 0 Å². The minimum absolute atomic E-state index is 0.228. The molecular weight excluding hydrogens is 449 g/mol. The molecule has 9 heteroatoms. The quantitative estimate of drug-likeness (QED) is 0.438. The molecule has 0 spiro atoms. The Bertz CT molecular complexity index is 1400. The minimum atomic E-state index is -0.423. The van der Waals surface area contributed by atoms with Gasteiger partial charge in [0.15, 0.2) is 5.82 Å². The van der Waals surface area contributed by atoms with Gasteiger partial charge in [-0.25, -0.2) is 19.0 Å². The van der Waals surface area contributed by atoms with Crippen molar-refractivity contribution in [2.75, 3.05) is 43.0 Å². The lowest BCUT2D eigenvalue weighted by molar-refractivity contribution is 0.0526. The van der Waals surface area contributed by atoms with Crippen LogP contribution in [0.3, 0.4) is 0 Å². The Balaban J connectivity index is 1.32. The van der Waals surface area contributed by atoms with Crippen LogP contribution >= 0.6 is 0 Å². The number of rotatable bonds is 4. The van der Waals surface area contributed by atoms with Gasteiger partial charge in [-0.15, -0.1) is 0 Å². The summed E-state index contributed by atoms with van der Waals surface area (Å²) in [6.45, 7) is 4.43. The maximum Gasteiger partial charge on any atom is 0.338 e. The first-order chi connectivity index (χ1) is 17.0. The van der Waals surface area contributed by atoms with Crippen molar-refractivity contribution in [2.24, 2.45) is 0 Å². The van der Waals surface area contributed by atoms with Crippen molar-refractivity contribution in [3.63, 3.8) is 0 Å². The van der Waals surface area contributed by atoms with Gasteiger partial charge in [-0.1, -0.05) is 6.07 Å². The number of carbonyl (C=O) groups is 2. The van der Waals surface area contributed by atoms with Gasteiger partial charge in [0.05, 0.1) is 28.7 Å². The third kappa shape index (κ3) is 4.62. The van der Waals surface area contributed by atoms with Crippen molar-refractivity contribution in [1.82, 2.24) is 14.3 Å². The second kappa shape index (κ2) is 9.61. The number of urea groups is 1. The van der Waals surface area contributed by atoms with Gasteiger partial charge in [-0.2, -0.15) is 0 Å². The van der Waals surface area contributed by atoms with Crippen LogP contribution in [-0.2, 0) is 4.74 Å². The Hall–Kier alpha value is -4.14. The van der Waals surface area contributed by atoms with Crippen molar-refractivity contribution in [2.45, 2.75) is 13.3 Å². The number of halogens is 1. The van der Waals surface area contributed by atoms with Crippen LogP contribution < -0.4 is 10.2 Å². The third-order valence-electron chi connectivity index (χ3n) is 6.11. The van der Waals surface area contributed by atoms with E-state index in [9.17, 15) is 14.0 Å². The number of esters is 1. The van der Waals surface area contributed by atoms with Gasteiger partial charge in [0.1, 0.15) is 5.82 Å². The maximum atomic E-state index is 13.9. The SMILES string of the molecule is CCOC(=O)c1cccc(NC(=O)N2CCCN(c3nc4cc(F)ccc4n4cccc34)CC2)c1. The Labute approximate surface area is 201 Å². The normalized spacial score (nSPS) is 14.2. The van der Waals surface area contributed by atoms with Crippen molar-refractivity contribution in [3.05, 3.63) is 72.2 Å². The number of nitrogens with one attached hydrogen (secondary N) is 1. The van der Waals surface area contributed by atoms with Crippen LogP contribution in [0.2, 0.25) is 0 Å². The zero-order valence-corrected chi connectivity index (χ0v) is 19.4. The first-order valence-corrected chi connectivity index (χ1v) is 11.7. The Kier molecular flexibility index (Phi) is 6.22. The Morgan fingerprint density at radius 2 is 1.91 bits per heavy atom. The Morgan fingerprint density at radius 3 is 2.77 bits per heavy atom. The van der Waals surface area contributed by atoms with E-state index in [2.05, 4.69) is 10.2 Å². The topological polar surface area (TPSA) is 79.2 Å². The summed E-state index contributed by atoms with van der Waals surface area (Å²) in [5.41, 5.74) is 3.30. The number of amides is 2. The van der Waals surface area contributed by atoms with Gasteiger partial charge >= 0.3 is 12.0 Å². The van der Waals surface area contributed by atoms with Crippen LogP contribution in [0, 0.1) is 5.82 Å². The van der Waals surface area contributed by atoms with E-state index in [-0.39, 0.29) is 18.5 Å². The molecule has 1 N–H and O–H groups in total. The van der Waals surface area contributed by atoms with E-state index in [1.54, 1.807) is 42.2 Å². The molecule has 2 aromatic heterocycles. The Morgan fingerprint density at radius 1 is 1.03 bits per heavy atom. The molecular formula is C26H26FN5O3. The van der Waals surface area contributed by atoms with Gasteiger partial charge in [0, 0.05) is 44.1 Å². The van der Waals surface area contributed by atoms with Crippen LogP contribution in [0.15, 0.2) is 60.8 Å². The molecule has 1 aliphatic heterocycles. The van der Waals surface area contributed by atoms with E-state index < -0.39 is 5.97 Å².